The van der Waals surface area contributed by atoms with Crippen molar-refractivity contribution in [2.24, 2.45) is 0 Å². The number of hydrogen-bond acceptors (Lipinski definition) is 6. The zero-order chi connectivity index (χ0) is 17.8. The number of piperidine rings is 1. The van der Waals surface area contributed by atoms with Crippen LogP contribution in [-0.2, 0) is 0 Å². The Morgan fingerprint density at radius 2 is 1.92 bits per heavy atom. The van der Waals surface area contributed by atoms with Crippen molar-refractivity contribution < 1.29 is 0 Å². The van der Waals surface area contributed by atoms with E-state index in [1.807, 2.05) is 30.5 Å². The van der Waals surface area contributed by atoms with Crippen LogP contribution in [0, 0.1) is 0 Å². The molecule has 1 aliphatic heterocycles. The highest BCUT2D eigenvalue weighted by Gasteiger charge is 2.25. The largest absolute Gasteiger partial charge is 0.355 e. The van der Waals surface area contributed by atoms with Gasteiger partial charge in [0.15, 0.2) is 5.82 Å². The molecule has 4 rings (SSSR count). The minimum absolute atomic E-state index is 0.407. The van der Waals surface area contributed by atoms with Gasteiger partial charge in [-0.2, -0.15) is 5.10 Å². The lowest BCUT2D eigenvalue weighted by molar-refractivity contribution is 0.482. The van der Waals surface area contributed by atoms with Crippen molar-refractivity contribution >= 4 is 11.6 Å². The van der Waals surface area contributed by atoms with Gasteiger partial charge in [-0.05, 0) is 54.8 Å². The first-order valence-electron chi connectivity index (χ1n) is 8.93. The summed E-state index contributed by atoms with van der Waals surface area (Å²) >= 11 is 0. The molecule has 0 saturated carbocycles. The molecule has 0 amide bonds. The minimum atomic E-state index is 0.407. The molecule has 0 spiro atoms. The molecule has 0 aromatic carbocycles. The van der Waals surface area contributed by atoms with Gasteiger partial charge in [0.05, 0.1) is 0 Å². The molecule has 3 aromatic rings. The number of likely N-dealkylation sites (N-methyl/N-ethyl adjacent to an activating group) is 1. The van der Waals surface area contributed by atoms with E-state index in [1.54, 1.807) is 18.6 Å². The second kappa shape index (κ2) is 7.47. The lowest BCUT2D eigenvalue weighted by atomic mass is 10.0. The third kappa shape index (κ3) is 3.49. The fraction of sp³-hybridized carbons (Fsp3) is 0.300. The standard InChI is InChI=1S/C20H22N6/c1-25(18-4-3-13-26(15-18)20-5-2-10-23-24-20)19-7-6-17(14-22-19)16-8-11-21-12-9-16/h2,5-12,14,18H,3-4,13,15H2,1H3. The number of anilines is 2. The Labute approximate surface area is 153 Å². The van der Waals surface area contributed by atoms with Crippen molar-refractivity contribution in [3.8, 4) is 11.1 Å². The zero-order valence-corrected chi connectivity index (χ0v) is 14.9. The van der Waals surface area contributed by atoms with Gasteiger partial charge in [-0.25, -0.2) is 4.98 Å². The first-order valence-corrected chi connectivity index (χ1v) is 8.93. The summed E-state index contributed by atoms with van der Waals surface area (Å²) in [5.74, 6) is 1.94. The van der Waals surface area contributed by atoms with E-state index in [0.717, 1.165) is 48.7 Å². The van der Waals surface area contributed by atoms with Gasteiger partial charge in [-0.1, -0.05) is 0 Å². The number of pyridine rings is 2. The van der Waals surface area contributed by atoms with Crippen LogP contribution in [-0.4, -0.2) is 46.3 Å². The van der Waals surface area contributed by atoms with E-state index >= 15 is 0 Å². The highest BCUT2D eigenvalue weighted by molar-refractivity contribution is 5.63. The lowest BCUT2D eigenvalue weighted by Gasteiger charge is -2.38. The Morgan fingerprint density at radius 1 is 1.04 bits per heavy atom. The first-order chi connectivity index (χ1) is 12.8. The smallest absolute Gasteiger partial charge is 0.151 e. The fourth-order valence-corrected chi connectivity index (χ4v) is 3.44. The normalized spacial score (nSPS) is 17.1. The average Bonchev–Trinajstić information content (AvgIpc) is 2.75. The molecule has 0 aliphatic carbocycles. The fourth-order valence-electron chi connectivity index (χ4n) is 3.44. The van der Waals surface area contributed by atoms with Crippen LogP contribution >= 0.6 is 0 Å². The van der Waals surface area contributed by atoms with Crippen LogP contribution in [0.1, 0.15) is 12.8 Å². The van der Waals surface area contributed by atoms with Crippen LogP contribution in [0.3, 0.4) is 0 Å². The van der Waals surface area contributed by atoms with Crippen LogP contribution < -0.4 is 9.80 Å². The molecule has 26 heavy (non-hydrogen) atoms. The molecule has 0 bridgehead atoms. The molecule has 132 valence electrons. The van der Waals surface area contributed by atoms with Crippen LogP contribution in [0.2, 0.25) is 0 Å². The average molecular weight is 346 g/mol. The molecule has 0 N–H and O–H groups in total. The van der Waals surface area contributed by atoms with Crippen molar-refractivity contribution in [3.05, 3.63) is 61.2 Å². The number of rotatable bonds is 4. The van der Waals surface area contributed by atoms with Gasteiger partial charge in [-0.3, -0.25) is 4.98 Å². The summed E-state index contributed by atoms with van der Waals surface area (Å²) in [5, 5.41) is 8.26. The highest BCUT2D eigenvalue weighted by atomic mass is 15.3. The van der Waals surface area contributed by atoms with Gasteiger partial charge in [0.1, 0.15) is 5.82 Å². The molecule has 1 fully saturated rings. The van der Waals surface area contributed by atoms with Crippen LogP contribution in [0.15, 0.2) is 61.2 Å². The van der Waals surface area contributed by atoms with Gasteiger partial charge in [0.25, 0.3) is 0 Å². The zero-order valence-electron chi connectivity index (χ0n) is 14.9. The summed E-state index contributed by atoms with van der Waals surface area (Å²) in [5.41, 5.74) is 2.24. The molecular formula is C20H22N6. The maximum absolute atomic E-state index is 4.69. The molecule has 0 radical (unpaired) electrons. The number of nitrogens with zero attached hydrogens (tertiary/aromatic N) is 6. The van der Waals surface area contributed by atoms with E-state index in [-0.39, 0.29) is 0 Å². The topological polar surface area (TPSA) is 58.0 Å². The van der Waals surface area contributed by atoms with Gasteiger partial charge >= 0.3 is 0 Å². The van der Waals surface area contributed by atoms with E-state index in [4.69, 9.17) is 0 Å². The summed E-state index contributed by atoms with van der Waals surface area (Å²) in [4.78, 5) is 13.3. The van der Waals surface area contributed by atoms with Crippen molar-refractivity contribution in [1.82, 2.24) is 20.2 Å². The third-order valence-electron chi connectivity index (χ3n) is 4.95. The molecule has 1 aliphatic rings. The van der Waals surface area contributed by atoms with Crippen LogP contribution in [0.4, 0.5) is 11.6 Å². The lowest BCUT2D eigenvalue weighted by Crippen LogP contribution is -2.47. The van der Waals surface area contributed by atoms with Gasteiger partial charge < -0.3 is 9.80 Å². The summed E-state index contributed by atoms with van der Waals surface area (Å²) < 4.78 is 0. The molecule has 3 aromatic heterocycles. The maximum atomic E-state index is 4.69. The minimum Gasteiger partial charge on any atom is -0.355 e. The van der Waals surface area contributed by atoms with Crippen LogP contribution in [0.25, 0.3) is 11.1 Å². The van der Waals surface area contributed by atoms with Gasteiger partial charge in [0.2, 0.25) is 0 Å². The van der Waals surface area contributed by atoms with E-state index in [2.05, 4.69) is 49.1 Å². The molecular weight excluding hydrogens is 324 g/mol. The maximum Gasteiger partial charge on any atom is 0.151 e. The Bertz CT molecular complexity index is 822. The van der Waals surface area contributed by atoms with Crippen molar-refractivity contribution in [1.29, 1.82) is 0 Å². The summed E-state index contributed by atoms with van der Waals surface area (Å²) in [6.45, 7) is 1.96. The predicted octanol–water partition coefficient (Wildman–Crippen LogP) is 3.04. The Morgan fingerprint density at radius 3 is 2.65 bits per heavy atom. The molecule has 4 heterocycles. The summed E-state index contributed by atoms with van der Waals surface area (Å²) in [6.07, 6.45) is 9.55. The van der Waals surface area contributed by atoms with E-state index in [9.17, 15) is 0 Å². The number of aromatic nitrogens is 4. The SMILES string of the molecule is CN(c1ccc(-c2ccncc2)cn1)C1CCCN(c2cccnn2)C1. The molecule has 6 heteroatoms. The van der Waals surface area contributed by atoms with Crippen molar-refractivity contribution in [2.45, 2.75) is 18.9 Å². The summed E-state index contributed by atoms with van der Waals surface area (Å²) in [7, 11) is 2.12. The first kappa shape index (κ1) is 16.4. The van der Waals surface area contributed by atoms with Gasteiger partial charge in [0, 0.05) is 56.5 Å². The molecule has 1 saturated heterocycles. The third-order valence-corrected chi connectivity index (χ3v) is 4.95. The van der Waals surface area contributed by atoms with E-state index < -0.39 is 0 Å². The predicted molar refractivity (Wildman–Crippen MR) is 103 cm³/mol. The van der Waals surface area contributed by atoms with Crippen LogP contribution in [0.5, 0.6) is 0 Å². The monoisotopic (exact) mass is 346 g/mol. The van der Waals surface area contributed by atoms with E-state index in [0.29, 0.717) is 6.04 Å². The molecule has 1 atom stereocenters. The van der Waals surface area contributed by atoms with Gasteiger partial charge in [-0.15, -0.1) is 5.10 Å². The summed E-state index contributed by atoms with van der Waals surface area (Å²) in [6, 6.07) is 12.6. The quantitative estimate of drug-likeness (QED) is 0.724. The highest BCUT2D eigenvalue weighted by Crippen LogP contribution is 2.24. The molecule has 1 unspecified atom stereocenters. The molecule has 6 nitrogen and oxygen atoms in total. The number of hydrogen-bond donors (Lipinski definition) is 0. The van der Waals surface area contributed by atoms with E-state index in [1.165, 1.54) is 0 Å². The second-order valence-corrected chi connectivity index (χ2v) is 6.58. The van der Waals surface area contributed by atoms with Crippen molar-refractivity contribution in [3.63, 3.8) is 0 Å². The second-order valence-electron chi connectivity index (χ2n) is 6.58. The van der Waals surface area contributed by atoms with Crippen molar-refractivity contribution in [2.75, 3.05) is 29.9 Å². The Balaban J connectivity index is 1.47. The Kier molecular flexibility index (Phi) is 4.73. The Hall–Kier alpha value is -3.02.